The summed E-state index contributed by atoms with van der Waals surface area (Å²) in [5.74, 6) is -0.418. The van der Waals surface area contributed by atoms with E-state index in [0.29, 0.717) is 12.0 Å². The van der Waals surface area contributed by atoms with Crippen LogP contribution in [0.4, 0.5) is 10.1 Å². The molecule has 0 saturated carbocycles. The lowest BCUT2D eigenvalue weighted by atomic mass is 10.0. The fourth-order valence-electron chi connectivity index (χ4n) is 2.09. The van der Waals surface area contributed by atoms with Crippen LogP contribution in [-0.4, -0.2) is 17.5 Å². The third kappa shape index (κ3) is 2.36. The molecule has 0 aliphatic carbocycles. The number of hydrogen-bond donors (Lipinski definition) is 1. The molecule has 4 nitrogen and oxygen atoms in total. The van der Waals surface area contributed by atoms with Gasteiger partial charge in [-0.15, -0.1) is 0 Å². The van der Waals surface area contributed by atoms with Gasteiger partial charge in [0.25, 0.3) is 5.69 Å². The largest absolute Gasteiger partial charge is 0.314 e. The molecule has 1 unspecified atom stereocenters. The Labute approximate surface area is 92.6 Å². The van der Waals surface area contributed by atoms with Crippen molar-refractivity contribution in [2.45, 2.75) is 25.3 Å². The van der Waals surface area contributed by atoms with Crippen LogP contribution in [-0.2, 0) is 6.42 Å². The van der Waals surface area contributed by atoms with Crippen LogP contribution in [0.25, 0.3) is 0 Å². The minimum atomic E-state index is -0.455. The molecule has 5 heteroatoms. The molecular weight excluding hydrogens is 211 g/mol. The first-order valence-corrected chi connectivity index (χ1v) is 5.33. The molecule has 0 bridgehead atoms. The van der Waals surface area contributed by atoms with Crippen LogP contribution in [0.1, 0.15) is 18.4 Å². The van der Waals surface area contributed by atoms with Crippen LogP contribution in [0, 0.1) is 15.9 Å². The van der Waals surface area contributed by atoms with E-state index < -0.39 is 10.7 Å². The minimum Gasteiger partial charge on any atom is -0.314 e. The average molecular weight is 224 g/mol. The van der Waals surface area contributed by atoms with Crippen LogP contribution < -0.4 is 5.32 Å². The second-order valence-corrected chi connectivity index (χ2v) is 4.03. The summed E-state index contributed by atoms with van der Waals surface area (Å²) in [4.78, 5) is 10.3. The van der Waals surface area contributed by atoms with E-state index in [1.165, 1.54) is 12.1 Å². The molecule has 2 rings (SSSR count). The number of benzene rings is 1. The van der Waals surface area contributed by atoms with Crippen LogP contribution >= 0.6 is 0 Å². The molecule has 0 aromatic heterocycles. The molecule has 0 radical (unpaired) electrons. The first-order chi connectivity index (χ1) is 7.66. The number of hydrogen-bond acceptors (Lipinski definition) is 3. The van der Waals surface area contributed by atoms with E-state index in [1.807, 2.05) is 0 Å². The number of nitro groups is 1. The lowest BCUT2D eigenvalue weighted by Crippen LogP contribution is -2.24. The van der Waals surface area contributed by atoms with E-state index in [2.05, 4.69) is 5.32 Å². The van der Waals surface area contributed by atoms with Crippen molar-refractivity contribution in [1.82, 2.24) is 5.32 Å². The van der Waals surface area contributed by atoms with Crippen LogP contribution in [0.2, 0.25) is 0 Å². The Hall–Kier alpha value is -1.49. The van der Waals surface area contributed by atoms with Crippen molar-refractivity contribution < 1.29 is 9.31 Å². The Bertz CT molecular complexity index is 403. The quantitative estimate of drug-likeness (QED) is 0.631. The summed E-state index contributed by atoms with van der Waals surface area (Å²) in [7, 11) is 0. The number of rotatable bonds is 3. The fraction of sp³-hybridized carbons (Fsp3) is 0.455. The van der Waals surface area contributed by atoms with Crippen LogP contribution in [0.5, 0.6) is 0 Å². The van der Waals surface area contributed by atoms with Crippen LogP contribution in [0.15, 0.2) is 18.2 Å². The predicted molar refractivity (Wildman–Crippen MR) is 57.8 cm³/mol. The van der Waals surface area contributed by atoms with Gasteiger partial charge in [0.15, 0.2) is 0 Å². The number of nitrogens with one attached hydrogen (secondary N) is 1. The van der Waals surface area contributed by atoms with E-state index in [0.717, 1.165) is 25.5 Å². The van der Waals surface area contributed by atoms with Crippen LogP contribution in [0.3, 0.4) is 0 Å². The molecule has 1 heterocycles. The zero-order valence-electron chi connectivity index (χ0n) is 8.78. The molecule has 1 aliphatic rings. The Kier molecular flexibility index (Phi) is 3.14. The predicted octanol–water partition coefficient (Wildman–Crippen LogP) is 2.03. The topological polar surface area (TPSA) is 55.2 Å². The van der Waals surface area contributed by atoms with Gasteiger partial charge < -0.3 is 5.32 Å². The number of halogens is 1. The van der Waals surface area contributed by atoms with Crippen molar-refractivity contribution in [2.75, 3.05) is 6.54 Å². The molecule has 1 atom stereocenters. The molecule has 0 amide bonds. The third-order valence-corrected chi connectivity index (χ3v) is 2.87. The molecule has 86 valence electrons. The summed E-state index contributed by atoms with van der Waals surface area (Å²) in [6.07, 6.45) is 2.59. The Morgan fingerprint density at radius 2 is 2.38 bits per heavy atom. The molecule has 16 heavy (non-hydrogen) atoms. The molecule has 1 N–H and O–H groups in total. The zero-order valence-corrected chi connectivity index (χ0v) is 8.78. The smallest absolute Gasteiger partial charge is 0.272 e. The monoisotopic (exact) mass is 224 g/mol. The maximum absolute atomic E-state index is 13.0. The maximum atomic E-state index is 13.0. The Morgan fingerprint density at radius 1 is 1.56 bits per heavy atom. The van der Waals surface area contributed by atoms with Crippen molar-refractivity contribution in [2.24, 2.45) is 0 Å². The van der Waals surface area contributed by atoms with Crippen molar-refractivity contribution in [3.63, 3.8) is 0 Å². The Balaban J connectivity index is 2.22. The molecule has 1 aromatic rings. The summed E-state index contributed by atoms with van der Waals surface area (Å²) in [6, 6.07) is 3.86. The van der Waals surface area contributed by atoms with Gasteiger partial charge in [-0.25, -0.2) is 4.39 Å². The highest BCUT2D eigenvalue weighted by Crippen LogP contribution is 2.23. The van der Waals surface area contributed by atoms with E-state index >= 15 is 0 Å². The summed E-state index contributed by atoms with van der Waals surface area (Å²) < 4.78 is 13.0. The van der Waals surface area contributed by atoms with Gasteiger partial charge in [-0.3, -0.25) is 10.1 Å². The van der Waals surface area contributed by atoms with Crippen molar-refractivity contribution in [3.8, 4) is 0 Å². The molecule has 1 aromatic carbocycles. The van der Waals surface area contributed by atoms with E-state index in [9.17, 15) is 14.5 Å². The normalized spacial score (nSPS) is 19.9. The first-order valence-electron chi connectivity index (χ1n) is 5.33. The van der Waals surface area contributed by atoms with Gasteiger partial charge >= 0.3 is 0 Å². The molecule has 1 fully saturated rings. The van der Waals surface area contributed by atoms with E-state index in [4.69, 9.17) is 0 Å². The highest BCUT2D eigenvalue weighted by atomic mass is 19.1. The van der Waals surface area contributed by atoms with Gasteiger partial charge in [-0.2, -0.15) is 0 Å². The molecule has 0 spiro atoms. The van der Waals surface area contributed by atoms with Gasteiger partial charge in [0.05, 0.1) is 4.92 Å². The second kappa shape index (κ2) is 4.57. The van der Waals surface area contributed by atoms with Gasteiger partial charge in [0, 0.05) is 17.7 Å². The highest BCUT2D eigenvalue weighted by molar-refractivity contribution is 5.40. The van der Waals surface area contributed by atoms with Crippen molar-refractivity contribution >= 4 is 5.69 Å². The minimum absolute atomic E-state index is 0.00935. The average Bonchev–Trinajstić information content (AvgIpc) is 2.70. The lowest BCUT2D eigenvalue weighted by Gasteiger charge is -2.10. The summed E-state index contributed by atoms with van der Waals surface area (Å²) in [6.45, 7) is 0.938. The van der Waals surface area contributed by atoms with E-state index in [-0.39, 0.29) is 11.7 Å². The SMILES string of the molecule is O=[N+]([O-])c1ccc(F)cc1CC1CCCN1. The number of nitrogens with zero attached hydrogens (tertiary/aromatic N) is 1. The number of nitro benzene ring substituents is 1. The van der Waals surface area contributed by atoms with Gasteiger partial charge in [-0.1, -0.05) is 0 Å². The van der Waals surface area contributed by atoms with Gasteiger partial charge in [-0.05, 0) is 37.9 Å². The van der Waals surface area contributed by atoms with E-state index in [1.54, 1.807) is 0 Å². The Morgan fingerprint density at radius 3 is 3.00 bits per heavy atom. The van der Waals surface area contributed by atoms with Crippen molar-refractivity contribution in [3.05, 3.63) is 39.7 Å². The second-order valence-electron chi connectivity index (χ2n) is 4.03. The fourth-order valence-corrected chi connectivity index (χ4v) is 2.09. The maximum Gasteiger partial charge on any atom is 0.272 e. The highest BCUT2D eigenvalue weighted by Gasteiger charge is 2.20. The van der Waals surface area contributed by atoms with Crippen molar-refractivity contribution in [1.29, 1.82) is 0 Å². The van der Waals surface area contributed by atoms with Gasteiger partial charge in [0.1, 0.15) is 5.82 Å². The molecule has 1 saturated heterocycles. The third-order valence-electron chi connectivity index (χ3n) is 2.87. The summed E-state index contributed by atoms with van der Waals surface area (Å²) in [5, 5.41) is 14.0. The summed E-state index contributed by atoms with van der Waals surface area (Å²) >= 11 is 0. The first kappa shape index (κ1) is 11.0. The zero-order chi connectivity index (χ0) is 11.5. The standard InChI is InChI=1S/C11H13FN2O2/c12-9-3-4-11(14(15)16)8(6-9)7-10-2-1-5-13-10/h3-4,6,10,13H,1-2,5,7H2. The molecule has 1 aliphatic heterocycles. The summed E-state index contributed by atoms with van der Waals surface area (Å²) in [5.41, 5.74) is 0.486. The van der Waals surface area contributed by atoms with Gasteiger partial charge in [0.2, 0.25) is 0 Å². The lowest BCUT2D eigenvalue weighted by molar-refractivity contribution is -0.385. The molecular formula is C11H13FN2O2.